The lowest BCUT2D eigenvalue weighted by molar-refractivity contribution is -0.137. The Morgan fingerprint density at radius 1 is 0.893 bits per heavy atom. The van der Waals surface area contributed by atoms with Gasteiger partial charge in [-0.2, -0.15) is 18.2 Å². The topological polar surface area (TPSA) is 49.8 Å². The number of nitrogens with one attached hydrogen (secondary N) is 2. The van der Waals surface area contributed by atoms with Crippen LogP contribution >= 0.6 is 22.6 Å². The predicted molar refractivity (Wildman–Crippen MR) is 113 cm³/mol. The number of alkyl halides is 3. The third kappa shape index (κ3) is 5.12. The van der Waals surface area contributed by atoms with Gasteiger partial charge in [-0.25, -0.2) is 4.98 Å². The quantitative estimate of drug-likeness (QED) is 0.384. The molecule has 1 aromatic heterocycles. The van der Waals surface area contributed by atoms with E-state index < -0.39 is 11.7 Å². The highest BCUT2D eigenvalue weighted by Crippen LogP contribution is 2.35. The van der Waals surface area contributed by atoms with E-state index in [1.807, 2.05) is 24.3 Å². The van der Waals surface area contributed by atoms with Crippen molar-refractivity contribution in [3.05, 3.63) is 69.4 Å². The Balaban J connectivity index is 1.90. The minimum atomic E-state index is -4.57. The lowest BCUT2D eigenvalue weighted by Crippen LogP contribution is -2.12. The standard InChI is InChI=1S/C20H18F3IN4/c1-12(2)13-3-7-15(8-4-13)26-18-17(20(21,22)23)11-25-19(28-18)27-16-9-5-14(24)6-10-16/h3-12H,1-2H3,(H2,25,26,27,28). The molecule has 28 heavy (non-hydrogen) atoms. The Hall–Kier alpha value is -2.36. The predicted octanol–water partition coefficient (Wildman–Crippen LogP) is 6.71. The van der Waals surface area contributed by atoms with Gasteiger partial charge in [0.1, 0.15) is 11.4 Å². The second-order valence-electron chi connectivity index (χ2n) is 6.49. The van der Waals surface area contributed by atoms with E-state index in [0.717, 1.165) is 15.3 Å². The van der Waals surface area contributed by atoms with Crippen LogP contribution in [0.5, 0.6) is 0 Å². The first-order valence-corrected chi connectivity index (χ1v) is 9.64. The van der Waals surface area contributed by atoms with Crippen molar-refractivity contribution in [2.75, 3.05) is 10.6 Å². The second-order valence-corrected chi connectivity index (χ2v) is 7.73. The highest BCUT2D eigenvalue weighted by atomic mass is 127. The summed E-state index contributed by atoms with van der Waals surface area (Å²) in [6.45, 7) is 4.11. The largest absolute Gasteiger partial charge is 0.421 e. The molecule has 0 saturated heterocycles. The number of hydrogen-bond donors (Lipinski definition) is 2. The summed E-state index contributed by atoms with van der Waals surface area (Å²) in [6, 6.07) is 14.6. The monoisotopic (exact) mass is 498 g/mol. The van der Waals surface area contributed by atoms with E-state index in [1.54, 1.807) is 24.3 Å². The molecule has 2 N–H and O–H groups in total. The summed E-state index contributed by atoms with van der Waals surface area (Å²) >= 11 is 2.17. The van der Waals surface area contributed by atoms with E-state index in [1.165, 1.54) is 0 Å². The van der Waals surface area contributed by atoms with Crippen molar-refractivity contribution in [2.24, 2.45) is 0 Å². The molecule has 0 radical (unpaired) electrons. The zero-order chi connectivity index (χ0) is 20.3. The Labute approximate surface area is 174 Å². The molecule has 2 aromatic carbocycles. The highest BCUT2D eigenvalue weighted by Gasteiger charge is 2.35. The number of halogens is 4. The summed E-state index contributed by atoms with van der Waals surface area (Å²) in [4.78, 5) is 7.87. The van der Waals surface area contributed by atoms with E-state index in [2.05, 4.69) is 57.0 Å². The molecular weight excluding hydrogens is 480 g/mol. The van der Waals surface area contributed by atoms with Crippen LogP contribution in [0.3, 0.4) is 0 Å². The van der Waals surface area contributed by atoms with Crippen LogP contribution in [-0.4, -0.2) is 9.97 Å². The van der Waals surface area contributed by atoms with Crippen LogP contribution in [0.4, 0.5) is 36.3 Å². The summed E-state index contributed by atoms with van der Waals surface area (Å²) in [7, 11) is 0. The first kappa shape index (κ1) is 20.4. The van der Waals surface area contributed by atoms with Gasteiger partial charge in [0.25, 0.3) is 0 Å². The molecule has 0 fully saturated rings. The average molecular weight is 498 g/mol. The van der Waals surface area contributed by atoms with E-state index >= 15 is 0 Å². The fourth-order valence-electron chi connectivity index (χ4n) is 2.50. The van der Waals surface area contributed by atoms with Crippen molar-refractivity contribution in [2.45, 2.75) is 25.9 Å². The summed E-state index contributed by atoms with van der Waals surface area (Å²) in [6.07, 6.45) is -3.78. The smallest absolute Gasteiger partial charge is 0.340 e. The molecule has 146 valence electrons. The summed E-state index contributed by atoms with van der Waals surface area (Å²) in [5, 5.41) is 5.70. The van der Waals surface area contributed by atoms with Crippen molar-refractivity contribution in [1.29, 1.82) is 0 Å². The number of rotatable bonds is 5. The molecule has 0 spiro atoms. The van der Waals surface area contributed by atoms with Crippen LogP contribution in [-0.2, 0) is 6.18 Å². The molecular formula is C20H18F3IN4. The molecule has 8 heteroatoms. The maximum atomic E-state index is 13.4. The highest BCUT2D eigenvalue weighted by molar-refractivity contribution is 14.1. The van der Waals surface area contributed by atoms with Crippen LogP contribution < -0.4 is 10.6 Å². The number of benzene rings is 2. The number of aromatic nitrogens is 2. The molecule has 3 rings (SSSR count). The zero-order valence-corrected chi connectivity index (χ0v) is 17.3. The van der Waals surface area contributed by atoms with Crippen molar-refractivity contribution in [3.63, 3.8) is 0 Å². The van der Waals surface area contributed by atoms with Gasteiger partial charge in [-0.3, -0.25) is 0 Å². The van der Waals surface area contributed by atoms with E-state index in [-0.39, 0.29) is 11.8 Å². The Kier molecular flexibility index (Phi) is 6.07. The van der Waals surface area contributed by atoms with Crippen molar-refractivity contribution >= 4 is 45.7 Å². The van der Waals surface area contributed by atoms with Crippen LogP contribution in [0.2, 0.25) is 0 Å². The minimum absolute atomic E-state index is 0.0792. The minimum Gasteiger partial charge on any atom is -0.340 e. The lowest BCUT2D eigenvalue weighted by Gasteiger charge is -2.15. The van der Waals surface area contributed by atoms with Gasteiger partial charge >= 0.3 is 6.18 Å². The van der Waals surface area contributed by atoms with Gasteiger partial charge in [0, 0.05) is 21.1 Å². The van der Waals surface area contributed by atoms with Crippen molar-refractivity contribution in [3.8, 4) is 0 Å². The van der Waals surface area contributed by atoms with Crippen LogP contribution in [0.1, 0.15) is 30.9 Å². The van der Waals surface area contributed by atoms with E-state index in [9.17, 15) is 13.2 Å². The molecule has 0 aliphatic rings. The van der Waals surface area contributed by atoms with Crippen LogP contribution in [0.15, 0.2) is 54.7 Å². The molecule has 3 aromatic rings. The normalized spacial score (nSPS) is 11.5. The number of hydrogen-bond acceptors (Lipinski definition) is 4. The van der Waals surface area contributed by atoms with E-state index in [4.69, 9.17) is 0 Å². The Morgan fingerprint density at radius 3 is 2.04 bits per heavy atom. The Bertz CT molecular complexity index is 939. The fraction of sp³-hybridized carbons (Fsp3) is 0.200. The third-order valence-electron chi connectivity index (χ3n) is 4.03. The fourth-order valence-corrected chi connectivity index (χ4v) is 2.85. The summed E-state index contributed by atoms with van der Waals surface area (Å²) < 4.78 is 41.2. The lowest BCUT2D eigenvalue weighted by atomic mass is 10.0. The Morgan fingerprint density at radius 2 is 1.46 bits per heavy atom. The third-order valence-corrected chi connectivity index (χ3v) is 4.75. The van der Waals surface area contributed by atoms with Crippen molar-refractivity contribution in [1.82, 2.24) is 9.97 Å². The number of anilines is 4. The molecule has 0 unspecified atom stereocenters. The molecule has 0 aliphatic carbocycles. The molecule has 4 nitrogen and oxygen atoms in total. The van der Waals surface area contributed by atoms with Gasteiger partial charge in [0.15, 0.2) is 0 Å². The molecule has 0 saturated carbocycles. The van der Waals surface area contributed by atoms with Gasteiger partial charge in [-0.15, -0.1) is 0 Å². The molecule has 0 amide bonds. The zero-order valence-electron chi connectivity index (χ0n) is 15.2. The maximum absolute atomic E-state index is 13.4. The van der Waals surface area contributed by atoms with Gasteiger partial charge in [-0.05, 0) is 70.5 Å². The van der Waals surface area contributed by atoms with Crippen molar-refractivity contribution < 1.29 is 13.2 Å². The second kappa shape index (κ2) is 8.34. The summed E-state index contributed by atoms with van der Waals surface area (Å²) in [5.41, 5.74) is 1.39. The molecule has 0 atom stereocenters. The first-order valence-electron chi connectivity index (χ1n) is 8.56. The van der Waals surface area contributed by atoms with E-state index in [0.29, 0.717) is 17.3 Å². The average Bonchev–Trinajstić information content (AvgIpc) is 2.63. The van der Waals surface area contributed by atoms with Gasteiger partial charge in [0.2, 0.25) is 5.95 Å². The summed E-state index contributed by atoms with van der Waals surface area (Å²) in [5.74, 6) is 0.117. The molecule has 0 aliphatic heterocycles. The maximum Gasteiger partial charge on any atom is 0.421 e. The van der Waals surface area contributed by atoms with Gasteiger partial charge in [0.05, 0.1) is 0 Å². The SMILES string of the molecule is CC(C)c1ccc(Nc2nc(Nc3ccc(I)cc3)ncc2C(F)(F)F)cc1. The van der Waals surface area contributed by atoms with Gasteiger partial charge < -0.3 is 10.6 Å². The number of nitrogens with zero attached hydrogens (tertiary/aromatic N) is 2. The van der Waals surface area contributed by atoms with Crippen LogP contribution in [0.25, 0.3) is 0 Å². The molecule has 0 bridgehead atoms. The van der Waals surface area contributed by atoms with Gasteiger partial charge in [-0.1, -0.05) is 26.0 Å². The van der Waals surface area contributed by atoms with Crippen LogP contribution in [0, 0.1) is 3.57 Å². The first-order chi connectivity index (χ1) is 13.2. The molecule has 1 heterocycles.